The highest BCUT2D eigenvalue weighted by Gasteiger charge is 2.54. The maximum absolute atomic E-state index is 3.19. The molecule has 11 rings (SSSR count). The average Bonchev–Trinajstić information content (AvgIpc) is 3.79. The van der Waals surface area contributed by atoms with E-state index < -0.39 is 0 Å². The molecule has 0 aromatic heterocycles. The molecule has 2 nitrogen and oxygen atoms in total. The summed E-state index contributed by atoms with van der Waals surface area (Å²) >= 11 is 0. The normalized spacial score (nSPS) is 46.1. The van der Waals surface area contributed by atoms with Crippen molar-refractivity contribution in [3.05, 3.63) is 108 Å². The first kappa shape index (κ1) is 36.6. The van der Waals surface area contributed by atoms with Crippen molar-refractivity contribution in [1.82, 2.24) is 9.80 Å². The minimum absolute atomic E-state index is 0.597. The zero-order valence-corrected chi connectivity index (χ0v) is 34.6. The summed E-state index contributed by atoms with van der Waals surface area (Å²) in [6, 6.07) is 4.26. The molecule has 2 saturated carbocycles. The molecular formula is C54H72N2. The average molecular weight is 749 g/mol. The summed E-state index contributed by atoms with van der Waals surface area (Å²) in [5.74, 6) is 7.21. The molecule has 13 unspecified atom stereocenters. The first-order chi connectivity index (χ1) is 27.8. The quantitative estimate of drug-likeness (QED) is 0.250. The van der Waals surface area contributed by atoms with Crippen LogP contribution in [-0.4, -0.2) is 46.1 Å². The van der Waals surface area contributed by atoms with E-state index in [-0.39, 0.29) is 0 Å². The lowest BCUT2D eigenvalue weighted by molar-refractivity contribution is 0.0606. The Morgan fingerprint density at radius 3 is 1.98 bits per heavy atom. The minimum Gasteiger partial charge on any atom is -0.290 e. The topological polar surface area (TPSA) is 6.48 Å². The summed E-state index contributed by atoms with van der Waals surface area (Å²) in [6.07, 6.45) is 67.4. The number of fused-ring (bicyclic) bond motifs is 6. The van der Waals surface area contributed by atoms with Crippen molar-refractivity contribution in [2.75, 3.05) is 0 Å². The van der Waals surface area contributed by atoms with Gasteiger partial charge in [0.25, 0.3) is 0 Å². The van der Waals surface area contributed by atoms with Gasteiger partial charge in [-0.3, -0.25) is 9.80 Å². The van der Waals surface area contributed by atoms with E-state index >= 15 is 0 Å². The molecule has 2 saturated heterocycles. The van der Waals surface area contributed by atoms with E-state index in [1.807, 2.05) is 5.57 Å². The maximum atomic E-state index is 3.19. The van der Waals surface area contributed by atoms with Gasteiger partial charge >= 0.3 is 0 Å². The van der Waals surface area contributed by atoms with Crippen molar-refractivity contribution < 1.29 is 0 Å². The van der Waals surface area contributed by atoms with Crippen molar-refractivity contribution >= 4 is 0 Å². The van der Waals surface area contributed by atoms with E-state index in [2.05, 4.69) is 101 Å². The lowest BCUT2D eigenvalue weighted by Gasteiger charge is -2.45. The van der Waals surface area contributed by atoms with Gasteiger partial charge in [0, 0.05) is 54.0 Å². The van der Waals surface area contributed by atoms with Gasteiger partial charge in [0.2, 0.25) is 0 Å². The molecule has 298 valence electrons. The fourth-order valence-electron chi connectivity index (χ4n) is 15.5. The molecule has 11 aliphatic rings. The molecule has 56 heavy (non-hydrogen) atoms. The van der Waals surface area contributed by atoms with E-state index in [0.29, 0.717) is 23.9 Å². The van der Waals surface area contributed by atoms with Crippen LogP contribution in [0.25, 0.3) is 0 Å². The zero-order chi connectivity index (χ0) is 37.0. The van der Waals surface area contributed by atoms with E-state index in [9.17, 15) is 0 Å². The second kappa shape index (κ2) is 16.0. The number of likely N-dealkylation sites (tertiary alicyclic amines) is 2. The van der Waals surface area contributed by atoms with E-state index in [1.165, 1.54) is 135 Å². The van der Waals surface area contributed by atoms with Gasteiger partial charge in [-0.15, -0.1) is 0 Å². The third-order valence-electron chi connectivity index (χ3n) is 18.3. The molecule has 2 heteroatoms. The minimum atomic E-state index is 0.597. The highest BCUT2D eigenvalue weighted by Crippen LogP contribution is 2.55. The maximum Gasteiger partial charge on any atom is 0.0356 e. The van der Waals surface area contributed by atoms with Crippen LogP contribution in [0.3, 0.4) is 0 Å². The second-order valence-electron chi connectivity index (χ2n) is 20.8. The molecule has 0 bridgehead atoms. The fraction of sp³-hybridized carbons (Fsp3) is 0.667. The Balaban J connectivity index is 0.821. The smallest absolute Gasteiger partial charge is 0.0356 e. The largest absolute Gasteiger partial charge is 0.290 e. The number of hydrogen-bond acceptors (Lipinski definition) is 2. The fourth-order valence-corrected chi connectivity index (χ4v) is 15.5. The van der Waals surface area contributed by atoms with Gasteiger partial charge in [-0.2, -0.15) is 0 Å². The van der Waals surface area contributed by atoms with Crippen LogP contribution >= 0.6 is 0 Å². The summed E-state index contributed by atoms with van der Waals surface area (Å²) in [6.45, 7) is 0. The number of allylic oxidation sites excluding steroid dienone is 12. The predicted molar refractivity (Wildman–Crippen MR) is 234 cm³/mol. The highest BCUT2D eigenvalue weighted by molar-refractivity contribution is 5.35. The Kier molecular flexibility index (Phi) is 10.5. The number of hydrogen-bond donors (Lipinski definition) is 0. The molecule has 0 N–H and O–H groups in total. The summed E-state index contributed by atoms with van der Waals surface area (Å²) in [5, 5.41) is 0. The van der Waals surface area contributed by atoms with Crippen LogP contribution in [-0.2, 0) is 0 Å². The van der Waals surface area contributed by atoms with Crippen LogP contribution < -0.4 is 0 Å². The number of nitrogens with zero attached hydrogens (tertiary/aromatic N) is 2. The van der Waals surface area contributed by atoms with Gasteiger partial charge in [-0.05, 0) is 176 Å². The van der Waals surface area contributed by atoms with Crippen LogP contribution in [0, 0.1) is 53.3 Å². The molecule has 4 fully saturated rings. The lowest BCUT2D eigenvalue weighted by Crippen LogP contribution is -2.48. The summed E-state index contributed by atoms with van der Waals surface area (Å²) in [5.41, 5.74) is 5.37. The highest BCUT2D eigenvalue weighted by atomic mass is 15.3. The van der Waals surface area contributed by atoms with Gasteiger partial charge in [-0.1, -0.05) is 102 Å². The molecule has 0 amide bonds. The molecule has 0 aromatic carbocycles. The molecule has 0 spiro atoms. The molecule has 2 heterocycles. The molecule has 9 aliphatic carbocycles. The van der Waals surface area contributed by atoms with Crippen LogP contribution in [0.2, 0.25) is 0 Å². The summed E-state index contributed by atoms with van der Waals surface area (Å²) < 4.78 is 0. The monoisotopic (exact) mass is 749 g/mol. The SMILES string of the molecule is C1=CC2C3C=C(C4CCC5C(C4)C4C=C(C6CC=CCC6)C=CC4N5C4CCC(C5CC=CCC5)CC4)CCC3N(C3CC=C(C4CC=CCC4)CC3)C2C=C1. The van der Waals surface area contributed by atoms with Gasteiger partial charge < -0.3 is 0 Å². The molecule has 0 aromatic rings. The van der Waals surface area contributed by atoms with E-state index in [0.717, 1.165) is 65.6 Å². The van der Waals surface area contributed by atoms with E-state index in [1.54, 1.807) is 11.1 Å². The summed E-state index contributed by atoms with van der Waals surface area (Å²) in [7, 11) is 0. The Morgan fingerprint density at radius 1 is 0.464 bits per heavy atom. The molecular weight excluding hydrogens is 677 g/mol. The van der Waals surface area contributed by atoms with Crippen molar-refractivity contribution in [3.8, 4) is 0 Å². The zero-order valence-electron chi connectivity index (χ0n) is 34.6. The van der Waals surface area contributed by atoms with Crippen molar-refractivity contribution in [2.24, 2.45) is 53.3 Å². The first-order valence-corrected chi connectivity index (χ1v) is 24.4. The first-order valence-electron chi connectivity index (χ1n) is 24.4. The van der Waals surface area contributed by atoms with Crippen LogP contribution in [0.15, 0.2) is 108 Å². The van der Waals surface area contributed by atoms with Crippen molar-refractivity contribution in [2.45, 2.75) is 171 Å². The van der Waals surface area contributed by atoms with Gasteiger partial charge in [0.05, 0.1) is 0 Å². The van der Waals surface area contributed by atoms with Crippen molar-refractivity contribution in [1.29, 1.82) is 0 Å². The standard InChI is InChI=1S/C54H72N2/c1-4-12-37(13-5-1)40-20-27-45(28-21-40)55-51-19-11-10-18-47(51)48-35-43(25-32-52(48)55)44-26-33-54-50(36-44)49-34-42(39-16-8-3-9-17-39)24-31-53(49)56(54)46-29-22-41(23-30-46)38-14-6-2-7-15-38/h1-4,6,8,10-11,18-20,24,31,34-35,37-39,41,44-54H,5,7,9,12-17,21-23,25-30,32-33,36H2. The Labute approximate surface area is 340 Å². The summed E-state index contributed by atoms with van der Waals surface area (Å²) in [4.78, 5) is 6.26. The van der Waals surface area contributed by atoms with Gasteiger partial charge in [0.1, 0.15) is 0 Å². The van der Waals surface area contributed by atoms with Crippen LogP contribution in [0.4, 0.5) is 0 Å². The molecule has 2 aliphatic heterocycles. The van der Waals surface area contributed by atoms with Crippen molar-refractivity contribution in [3.63, 3.8) is 0 Å². The predicted octanol–water partition coefficient (Wildman–Crippen LogP) is 12.8. The van der Waals surface area contributed by atoms with E-state index in [4.69, 9.17) is 0 Å². The molecule has 13 atom stereocenters. The number of rotatable bonds is 6. The Hall–Kier alpha value is -2.42. The Morgan fingerprint density at radius 2 is 1.21 bits per heavy atom. The Bertz CT molecular complexity index is 1720. The van der Waals surface area contributed by atoms with Crippen LogP contribution in [0.5, 0.6) is 0 Å². The lowest BCUT2D eigenvalue weighted by atomic mass is 9.67. The third-order valence-corrected chi connectivity index (χ3v) is 18.3. The molecule has 0 radical (unpaired) electrons. The van der Waals surface area contributed by atoms with Crippen LogP contribution in [0.1, 0.15) is 135 Å². The third kappa shape index (κ3) is 6.77. The van der Waals surface area contributed by atoms with Gasteiger partial charge in [-0.25, -0.2) is 0 Å². The second-order valence-corrected chi connectivity index (χ2v) is 20.8. The van der Waals surface area contributed by atoms with Gasteiger partial charge in [0.15, 0.2) is 0 Å².